The standard InChI is InChI=1S/C14H19ClN4/c15-11-5-3-6-12-13(11)19(14(16)17-12)10-4-9-18-7-1-2-8-18/h3,5-6H,1-2,4,7-10H2,(H2,16,17). The fraction of sp³-hybridized carbons (Fsp3) is 0.500. The molecule has 2 aromatic rings. The molecular weight excluding hydrogens is 260 g/mol. The SMILES string of the molecule is Nc1nc2cccc(Cl)c2n1CCCN1CCCC1. The van der Waals surface area contributed by atoms with Crippen LogP contribution in [0.2, 0.25) is 5.02 Å². The van der Waals surface area contributed by atoms with Crippen molar-refractivity contribution >= 4 is 28.6 Å². The summed E-state index contributed by atoms with van der Waals surface area (Å²) in [5, 5.41) is 0.725. The molecule has 0 amide bonds. The minimum atomic E-state index is 0.560. The van der Waals surface area contributed by atoms with Gasteiger partial charge in [-0.2, -0.15) is 0 Å². The summed E-state index contributed by atoms with van der Waals surface area (Å²) in [7, 11) is 0. The smallest absolute Gasteiger partial charge is 0.201 e. The lowest BCUT2D eigenvalue weighted by Gasteiger charge is -2.15. The molecule has 1 aliphatic rings. The molecule has 0 atom stereocenters. The zero-order valence-electron chi connectivity index (χ0n) is 11.0. The van der Waals surface area contributed by atoms with Gasteiger partial charge in [0.05, 0.1) is 16.1 Å². The van der Waals surface area contributed by atoms with Crippen LogP contribution in [0.4, 0.5) is 5.95 Å². The van der Waals surface area contributed by atoms with E-state index in [1.165, 1.54) is 25.9 Å². The molecule has 1 aromatic carbocycles. The lowest BCUT2D eigenvalue weighted by molar-refractivity contribution is 0.326. The molecule has 0 radical (unpaired) electrons. The maximum atomic E-state index is 6.25. The Hall–Kier alpha value is -1.26. The average molecular weight is 279 g/mol. The van der Waals surface area contributed by atoms with E-state index in [9.17, 15) is 0 Å². The molecule has 0 spiro atoms. The molecule has 1 fully saturated rings. The van der Waals surface area contributed by atoms with Crippen molar-refractivity contribution < 1.29 is 0 Å². The molecule has 4 nitrogen and oxygen atoms in total. The van der Waals surface area contributed by atoms with Crippen molar-refractivity contribution in [1.29, 1.82) is 0 Å². The number of fused-ring (bicyclic) bond motifs is 1. The monoisotopic (exact) mass is 278 g/mol. The molecule has 102 valence electrons. The van der Waals surface area contributed by atoms with Gasteiger partial charge in [0.2, 0.25) is 5.95 Å². The highest BCUT2D eigenvalue weighted by Crippen LogP contribution is 2.25. The number of nitrogens with zero attached hydrogens (tertiary/aromatic N) is 3. The molecule has 0 aliphatic carbocycles. The number of aromatic nitrogens is 2. The minimum Gasteiger partial charge on any atom is -0.369 e. The summed E-state index contributed by atoms with van der Waals surface area (Å²) in [5.41, 5.74) is 7.84. The number of para-hydroxylation sites is 1. The lowest BCUT2D eigenvalue weighted by atomic mass is 10.3. The Kier molecular flexibility index (Phi) is 3.62. The van der Waals surface area contributed by atoms with Gasteiger partial charge in [0.25, 0.3) is 0 Å². The zero-order valence-corrected chi connectivity index (χ0v) is 11.7. The number of benzene rings is 1. The Morgan fingerprint density at radius 2 is 2.00 bits per heavy atom. The van der Waals surface area contributed by atoms with Crippen molar-refractivity contribution in [3.8, 4) is 0 Å². The summed E-state index contributed by atoms with van der Waals surface area (Å²) in [6, 6.07) is 5.75. The van der Waals surface area contributed by atoms with Gasteiger partial charge in [0, 0.05) is 6.54 Å². The molecule has 1 aromatic heterocycles. The fourth-order valence-electron chi connectivity index (χ4n) is 2.84. The van der Waals surface area contributed by atoms with Crippen LogP contribution in [0.25, 0.3) is 11.0 Å². The van der Waals surface area contributed by atoms with E-state index < -0.39 is 0 Å². The van der Waals surface area contributed by atoms with Crippen LogP contribution in [0.1, 0.15) is 19.3 Å². The summed E-state index contributed by atoms with van der Waals surface area (Å²) < 4.78 is 2.04. The normalized spacial score (nSPS) is 16.5. The highest BCUT2D eigenvalue weighted by Gasteiger charge is 2.13. The maximum absolute atomic E-state index is 6.25. The Balaban J connectivity index is 1.74. The van der Waals surface area contributed by atoms with Gasteiger partial charge in [-0.1, -0.05) is 17.7 Å². The number of anilines is 1. The first-order valence-electron chi connectivity index (χ1n) is 6.88. The third-order valence-electron chi connectivity index (χ3n) is 3.80. The van der Waals surface area contributed by atoms with Crippen LogP contribution >= 0.6 is 11.6 Å². The Morgan fingerprint density at radius 1 is 1.21 bits per heavy atom. The number of aryl methyl sites for hydroxylation is 1. The van der Waals surface area contributed by atoms with E-state index >= 15 is 0 Å². The van der Waals surface area contributed by atoms with E-state index in [4.69, 9.17) is 17.3 Å². The maximum Gasteiger partial charge on any atom is 0.201 e. The van der Waals surface area contributed by atoms with Crippen LogP contribution in [0.3, 0.4) is 0 Å². The molecule has 3 rings (SSSR count). The first kappa shape index (κ1) is 12.8. The Morgan fingerprint density at radius 3 is 2.79 bits per heavy atom. The Labute approximate surface area is 118 Å². The highest BCUT2D eigenvalue weighted by molar-refractivity contribution is 6.35. The Bertz CT molecular complexity index is 572. The van der Waals surface area contributed by atoms with Crippen LogP contribution in [-0.4, -0.2) is 34.1 Å². The molecule has 1 saturated heterocycles. The summed E-state index contributed by atoms with van der Waals surface area (Å²) >= 11 is 6.25. The first-order chi connectivity index (χ1) is 9.25. The number of hydrogen-bond donors (Lipinski definition) is 1. The molecule has 0 unspecified atom stereocenters. The van der Waals surface area contributed by atoms with Crippen molar-refractivity contribution in [2.24, 2.45) is 0 Å². The largest absolute Gasteiger partial charge is 0.369 e. The number of nitrogens with two attached hydrogens (primary N) is 1. The van der Waals surface area contributed by atoms with Crippen molar-refractivity contribution in [1.82, 2.24) is 14.5 Å². The predicted molar refractivity (Wildman–Crippen MR) is 79.4 cm³/mol. The summed E-state index contributed by atoms with van der Waals surface area (Å²) in [5.74, 6) is 0.560. The zero-order chi connectivity index (χ0) is 13.2. The molecule has 19 heavy (non-hydrogen) atoms. The van der Waals surface area contributed by atoms with Gasteiger partial charge in [0.15, 0.2) is 0 Å². The predicted octanol–water partition coefficient (Wildman–Crippen LogP) is 2.76. The molecule has 0 saturated carbocycles. The third kappa shape index (κ3) is 2.55. The number of likely N-dealkylation sites (tertiary alicyclic amines) is 1. The van der Waals surface area contributed by atoms with Gasteiger partial charge in [0.1, 0.15) is 0 Å². The summed E-state index contributed by atoms with van der Waals surface area (Å²) in [6.07, 6.45) is 3.75. The van der Waals surface area contributed by atoms with Crippen molar-refractivity contribution in [3.05, 3.63) is 23.2 Å². The van der Waals surface area contributed by atoms with E-state index in [0.717, 1.165) is 35.6 Å². The van der Waals surface area contributed by atoms with Crippen LogP contribution in [0.15, 0.2) is 18.2 Å². The van der Waals surface area contributed by atoms with E-state index in [0.29, 0.717) is 5.95 Å². The van der Waals surface area contributed by atoms with Crippen LogP contribution in [-0.2, 0) is 6.54 Å². The van der Waals surface area contributed by atoms with E-state index in [1.807, 2.05) is 22.8 Å². The molecular formula is C14H19ClN4. The molecule has 1 aliphatic heterocycles. The fourth-order valence-corrected chi connectivity index (χ4v) is 3.12. The van der Waals surface area contributed by atoms with E-state index in [2.05, 4.69) is 9.88 Å². The van der Waals surface area contributed by atoms with Crippen LogP contribution < -0.4 is 5.73 Å². The molecule has 2 N–H and O–H groups in total. The molecule has 0 bridgehead atoms. The van der Waals surface area contributed by atoms with Gasteiger partial charge in [-0.05, 0) is 51.0 Å². The van der Waals surface area contributed by atoms with E-state index in [1.54, 1.807) is 0 Å². The molecule has 5 heteroatoms. The number of halogens is 1. The molecule has 2 heterocycles. The van der Waals surface area contributed by atoms with Crippen molar-refractivity contribution in [2.45, 2.75) is 25.8 Å². The summed E-state index contributed by atoms with van der Waals surface area (Å²) in [4.78, 5) is 6.88. The second kappa shape index (κ2) is 5.39. The number of imidazole rings is 1. The topological polar surface area (TPSA) is 47.1 Å². The summed E-state index contributed by atoms with van der Waals surface area (Å²) in [6.45, 7) is 4.48. The second-order valence-corrected chi connectivity index (χ2v) is 5.54. The number of rotatable bonds is 4. The number of nitrogen functional groups attached to an aromatic ring is 1. The first-order valence-corrected chi connectivity index (χ1v) is 7.26. The lowest BCUT2D eigenvalue weighted by Crippen LogP contribution is -2.21. The second-order valence-electron chi connectivity index (χ2n) is 5.13. The highest BCUT2D eigenvalue weighted by atomic mass is 35.5. The van der Waals surface area contributed by atoms with Gasteiger partial charge < -0.3 is 15.2 Å². The minimum absolute atomic E-state index is 0.560. The van der Waals surface area contributed by atoms with Crippen molar-refractivity contribution in [2.75, 3.05) is 25.4 Å². The van der Waals surface area contributed by atoms with Gasteiger partial charge in [-0.25, -0.2) is 4.98 Å². The third-order valence-corrected chi connectivity index (χ3v) is 4.11. The van der Waals surface area contributed by atoms with Gasteiger partial charge >= 0.3 is 0 Å². The quantitative estimate of drug-likeness (QED) is 0.935. The van der Waals surface area contributed by atoms with Crippen molar-refractivity contribution in [3.63, 3.8) is 0 Å². The van der Waals surface area contributed by atoms with Gasteiger partial charge in [-0.15, -0.1) is 0 Å². The average Bonchev–Trinajstić information content (AvgIpc) is 2.99. The number of hydrogen-bond acceptors (Lipinski definition) is 3. The van der Waals surface area contributed by atoms with Crippen LogP contribution in [0.5, 0.6) is 0 Å². The van der Waals surface area contributed by atoms with Crippen LogP contribution in [0, 0.1) is 0 Å². The van der Waals surface area contributed by atoms with E-state index in [-0.39, 0.29) is 0 Å². The van der Waals surface area contributed by atoms with Gasteiger partial charge in [-0.3, -0.25) is 0 Å².